The van der Waals surface area contributed by atoms with E-state index in [0.29, 0.717) is 13.2 Å². The van der Waals surface area contributed by atoms with Gasteiger partial charge in [0.25, 0.3) is 0 Å². The maximum absolute atomic E-state index is 12.2. The Kier molecular flexibility index (Phi) is 6.60. The third-order valence-electron chi connectivity index (χ3n) is 3.14. The van der Waals surface area contributed by atoms with Gasteiger partial charge in [0.05, 0.1) is 18.9 Å². The molecule has 0 saturated heterocycles. The predicted octanol–water partition coefficient (Wildman–Crippen LogP) is 0.742. The van der Waals surface area contributed by atoms with Crippen molar-refractivity contribution >= 4 is 15.7 Å². The number of nitrogens with one attached hydrogen (secondary N) is 1. The number of anilines is 1. The van der Waals surface area contributed by atoms with Gasteiger partial charge >= 0.3 is 0 Å². The minimum atomic E-state index is -3.60. The van der Waals surface area contributed by atoms with Crippen molar-refractivity contribution in [3.63, 3.8) is 0 Å². The largest absolute Gasteiger partial charge is 0.398 e. The van der Waals surface area contributed by atoms with Gasteiger partial charge in [0.1, 0.15) is 4.90 Å². The van der Waals surface area contributed by atoms with E-state index in [9.17, 15) is 8.42 Å². The highest BCUT2D eigenvalue weighted by Crippen LogP contribution is 2.22. The SMILES string of the molecule is Cc1cc(N)c(S(=O)(=O)NCCOCCN(C)C)cc1C. The minimum Gasteiger partial charge on any atom is -0.398 e. The Hall–Kier alpha value is -1.15. The van der Waals surface area contributed by atoms with E-state index < -0.39 is 10.0 Å². The number of benzene rings is 1. The van der Waals surface area contributed by atoms with Crippen LogP contribution in [-0.4, -0.2) is 53.7 Å². The topological polar surface area (TPSA) is 84.7 Å². The number of nitrogens with zero attached hydrogens (tertiary/aromatic N) is 1. The fourth-order valence-corrected chi connectivity index (χ4v) is 2.93. The molecule has 3 N–H and O–H groups in total. The molecule has 120 valence electrons. The van der Waals surface area contributed by atoms with Crippen molar-refractivity contribution in [3.8, 4) is 0 Å². The van der Waals surface area contributed by atoms with Gasteiger partial charge in [-0.15, -0.1) is 0 Å². The number of hydrogen-bond acceptors (Lipinski definition) is 5. The van der Waals surface area contributed by atoms with E-state index in [4.69, 9.17) is 10.5 Å². The van der Waals surface area contributed by atoms with Crippen molar-refractivity contribution in [2.75, 3.05) is 46.1 Å². The average Bonchev–Trinajstić information content (AvgIpc) is 2.37. The first kappa shape index (κ1) is 17.9. The van der Waals surface area contributed by atoms with Gasteiger partial charge in [-0.3, -0.25) is 0 Å². The smallest absolute Gasteiger partial charge is 0.242 e. The lowest BCUT2D eigenvalue weighted by atomic mass is 10.1. The molecule has 0 aliphatic rings. The summed E-state index contributed by atoms with van der Waals surface area (Å²) in [5.74, 6) is 0. The number of ether oxygens (including phenoxy) is 1. The lowest BCUT2D eigenvalue weighted by Gasteiger charge is -2.12. The molecular weight excluding hydrogens is 290 g/mol. The second-order valence-electron chi connectivity index (χ2n) is 5.29. The molecule has 21 heavy (non-hydrogen) atoms. The van der Waals surface area contributed by atoms with Gasteiger partial charge in [0.2, 0.25) is 10.0 Å². The molecular formula is C14H25N3O3S. The first-order valence-corrected chi connectivity index (χ1v) is 8.31. The van der Waals surface area contributed by atoms with Crippen LogP contribution in [0.15, 0.2) is 17.0 Å². The molecule has 0 aliphatic carbocycles. The zero-order valence-corrected chi connectivity index (χ0v) is 14.0. The van der Waals surface area contributed by atoms with Crippen molar-refractivity contribution < 1.29 is 13.2 Å². The van der Waals surface area contributed by atoms with Crippen LogP contribution in [0.25, 0.3) is 0 Å². The molecule has 7 heteroatoms. The normalized spacial score (nSPS) is 12.0. The van der Waals surface area contributed by atoms with E-state index in [1.165, 1.54) is 0 Å². The second kappa shape index (κ2) is 7.74. The van der Waals surface area contributed by atoms with Crippen molar-refractivity contribution in [1.82, 2.24) is 9.62 Å². The van der Waals surface area contributed by atoms with Crippen LogP contribution in [0, 0.1) is 13.8 Å². The van der Waals surface area contributed by atoms with Crippen molar-refractivity contribution in [2.45, 2.75) is 18.7 Å². The van der Waals surface area contributed by atoms with Crippen LogP contribution >= 0.6 is 0 Å². The molecule has 6 nitrogen and oxygen atoms in total. The Morgan fingerprint density at radius 2 is 1.81 bits per heavy atom. The molecule has 0 bridgehead atoms. The Morgan fingerprint density at radius 3 is 2.43 bits per heavy atom. The number of nitrogens with two attached hydrogens (primary N) is 1. The Bertz CT molecular complexity index is 571. The lowest BCUT2D eigenvalue weighted by molar-refractivity contribution is 0.122. The quantitative estimate of drug-likeness (QED) is 0.546. The molecule has 0 amide bonds. The number of likely N-dealkylation sites (N-methyl/N-ethyl adjacent to an activating group) is 1. The molecule has 0 aliphatic heterocycles. The molecule has 0 saturated carbocycles. The summed E-state index contributed by atoms with van der Waals surface area (Å²) < 4.78 is 32.3. The zero-order valence-electron chi connectivity index (χ0n) is 13.1. The molecule has 0 fully saturated rings. The van der Waals surface area contributed by atoms with Gasteiger partial charge in [-0.2, -0.15) is 0 Å². The third-order valence-corrected chi connectivity index (χ3v) is 4.65. The number of aryl methyl sites for hydroxylation is 2. The Balaban J connectivity index is 2.56. The highest BCUT2D eigenvalue weighted by Gasteiger charge is 2.17. The van der Waals surface area contributed by atoms with E-state index in [1.807, 2.05) is 32.8 Å². The van der Waals surface area contributed by atoms with Crippen LogP contribution in [0.4, 0.5) is 5.69 Å². The maximum atomic E-state index is 12.2. The number of rotatable bonds is 8. The van der Waals surface area contributed by atoms with Gasteiger partial charge in [-0.1, -0.05) is 0 Å². The summed E-state index contributed by atoms with van der Waals surface area (Å²) in [6.07, 6.45) is 0. The molecule has 0 unspecified atom stereocenters. The monoisotopic (exact) mass is 315 g/mol. The molecule has 1 rings (SSSR count). The van der Waals surface area contributed by atoms with Crippen LogP contribution in [0.3, 0.4) is 0 Å². The highest BCUT2D eigenvalue weighted by molar-refractivity contribution is 7.89. The molecule has 1 aromatic carbocycles. The van der Waals surface area contributed by atoms with Crippen LogP contribution < -0.4 is 10.5 Å². The van der Waals surface area contributed by atoms with Crippen LogP contribution in [0.5, 0.6) is 0 Å². The van der Waals surface area contributed by atoms with E-state index in [1.54, 1.807) is 12.1 Å². The zero-order chi connectivity index (χ0) is 16.0. The Morgan fingerprint density at radius 1 is 1.19 bits per heavy atom. The van der Waals surface area contributed by atoms with Gasteiger partial charge in [0, 0.05) is 13.1 Å². The van der Waals surface area contributed by atoms with Crippen molar-refractivity contribution in [2.24, 2.45) is 0 Å². The fourth-order valence-electron chi connectivity index (χ4n) is 1.72. The molecule has 0 aromatic heterocycles. The van der Waals surface area contributed by atoms with Crippen molar-refractivity contribution in [1.29, 1.82) is 0 Å². The van der Waals surface area contributed by atoms with E-state index >= 15 is 0 Å². The molecule has 0 spiro atoms. The number of sulfonamides is 1. The third kappa shape index (κ3) is 5.62. The molecule has 0 atom stereocenters. The summed E-state index contributed by atoms with van der Waals surface area (Å²) in [5, 5.41) is 0. The minimum absolute atomic E-state index is 0.124. The van der Waals surface area contributed by atoms with Gasteiger partial charge in [-0.25, -0.2) is 13.1 Å². The summed E-state index contributed by atoms with van der Waals surface area (Å²) in [4.78, 5) is 2.12. The van der Waals surface area contributed by atoms with Crippen LogP contribution in [0.1, 0.15) is 11.1 Å². The van der Waals surface area contributed by atoms with Crippen LogP contribution in [-0.2, 0) is 14.8 Å². The summed E-state index contributed by atoms with van der Waals surface area (Å²) in [5.41, 5.74) is 7.93. The summed E-state index contributed by atoms with van der Waals surface area (Å²) in [7, 11) is 0.307. The maximum Gasteiger partial charge on any atom is 0.242 e. The van der Waals surface area contributed by atoms with Crippen LogP contribution in [0.2, 0.25) is 0 Å². The number of hydrogen-bond donors (Lipinski definition) is 2. The fraction of sp³-hybridized carbons (Fsp3) is 0.571. The standard InChI is InChI=1S/C14H25N3O3S/c1-11-9-13(15)14(10-12(11)2)21(18,19)16-5-7-20-8-6-17(3)4/h9-10,16H,5-8,15H2,1-4H3. The van der Waals surface area contributed by atoms with E-state index in [0.717, 1.165) is 17.7 Å². The van der Waals surface area contributed by atoms with Gasteiger partial charge in [-0.05, 0) is 51.2 Å². The van der Waals surface area contributed by atoms with Crippen molar-refractivity contribution in [3.05, 3.63) is 23.3 Å². The van der Waals surface area contributed by atoms with Gasteiger partial charge < -0.3 is 15.4 Å². The van der Waals surface area contributed by atoms with E-state index in [-0.39, 0.29) is 17.1 Å². The molecule has 0 radical (unpaired) electrons. The Labute approximate surface area is 127 Å². The predicted molar refractivity (Wildman–Crippen MR) is 84.9 cm³/mol. The second-order valence-corrected chi connectivity index (χ2v) is 7.02. The molecule has 0 heterocycles. The number of nitrogen functional groups attached to an aromatic ring is 1. The summed E-state index contributed by atoms with van der Waals surface area (Å²) in [6.45, 7) is 5.68. The average molecular weight is 315 g/mol. The summed E-state index contributed by atoms with van der Waals surface area (Å²) in [6, 6.07) is 3.28. The lowest BCUT2D eigenvalue weighted by Crippen LogP contribution is -2.29. The molecule has 1 aromatic rings. The first-order chi connectivity index (χ1) is 9.74. The first-order valence-electron chi connectivity index (χ1n) is 6.83. The highest BCUT2D eigenvalue weighted by atomic mass is 32.2. The summed E-state index contributed by atoms with van der Waals surface area (Å²) >= 11 is 0. The van der Waals surface area contributed by atoms with E-state index in [2.05, 4.69) is 4.72 Å². The van der Waals surface area contributed by atoms with Gasteiger partial charge in [0.15, 0.2) is 0 Å².